The Kier molecular flexibility index (Phi) is 3.36. The van der Waals surface area contributed by atoms with Gasteiger partial charge in [-0.1, -0.05) is 0 Å². The molecule has 1 aliphatic rings. The highest BCUT2D eigenvalue weighted by molar-refractivity contribution is 5.91. The number of rotatable bonds is 2. The van der Waals surface area contributed by atoms with Crippen LogP contribution in [0, 0.1) is 5.92 Å². The van der Waals surface area contributed by atoms with Gasteiger partial charge in [0.25, 0.3) is 0 Å². The number of piperidine rings is 1. The van der Waals surface area contributed by atoms with Crippen LogP contribution in [0.3, 0.4) is 0 Å². The van der Waals surface area contributed by atoms with Gasteiger partial charge in [0, 0.05) is 26.1 Å². The minimum atomic E-state index is -4.17. The Morgan fingerprint density at radius 1 is 1.44 bits per heavy atom. The molecular formula is C12H14F3NO2. The molecule has 0 aromatic carbocycles. The maximum absolute atomic E-state index is 12.7. The number of hydrogen-bond donors (Lipinski definition) is 0. The molecule has 18 heavy (non-hydrogen) atoms. The van der Waals surface area contributed by atoms with Crippen LogP contribution in [0.1, 0.15) is 30.3 Å². The summed E-state index contributed by atoms with van der Waals surface area (Å²) in [4.78, 5) is 12.6. The van der Waals surface area contributed by atoms with E-state index in [1.54, 1.807) is 11.0 Å². The first-order chi connectivity index (χ1) is 8.38. The number of ketones is 1. The van der Waals surface area contributed by atoms with Crippen molar-refractivity contribution in [1.29, 1.82) is 0 Å². The second kappa shape index (κ2) is 4.66. The van der Waals surface area contributed by atoms with E-state index in [1.165, 1.54) is 13.0 Å². The predicted octanol–water partition coefficient (Wildman–Crippen LogP) is 3.26. The SMILES string of the molecule is CC(=O)c1ccc(N2CCCC(C(F)(F)F)C2)o1. The van der Waals surface area contributed by atoms with Crippen molar-refractivity contribution in [1.82, 2.24) is 0 Å². The van der Waals surface area contributed by atoms with Crippen molar-refractivity contribution in [3.05, 3.63) is 17.9 Å². The number of carbonyl (C=O) groups is 1. The topological polar surface area (TPSA) is 33.5 Å². The summed E-state index contributed by atoms with van der Waals surface area (Å²) in [6.07, 6.45) is -3.55. The summed E-state index contributed by atoms with van der Waals surface area (Å²) in [5, 5.41) is 0. The molecule has 0 amide bonds. The molecule has 1 unspecified atom stereocenters. The number of nitrogens with zero attached hydrogens (tertiary/aromatic N) is 1. The van der Waals surface area contributed by atoms with Crippen LogP contribution in [0.2, 0.25) is 0 Å². The lowest BCUT2D eigenvalue weighted by atomic mass is 9.98. The molecule has 1 fully saturated rings. The lowest BCUT2D eigenvalue weighted by Crippen LogP contribution is -2.41. The average Bonchev–Trinajstić information content (AvgIpc) is 2.77. The molecule has 0 radical (unpaired) electrons. The normalized spacial score (nSPS) is 21.1. The molecule has 0 spiro atoms. The summed E-state index contributed by atoms with van der Waals surface area (Å²) in [6.45, 7) is 1.78. The number of halogens is 3. The van der Waals surface area contributed by atoms with Crippen LogP contribution in [0.15, 0.2) is 16.5 Å². The van der Waals surface area contributed by atoms with Crippen LogP contribution >= 0.6 is 0 Å². The van der Waals surface area contributed by atoms with Crippen molar-refractivity contribution >= 4 is 11.7 Å². The fourth-order valence-electron chi connectivity index (χ4n) is 2.13. The molecule has 3 nitrogen and oxygen atoms in total. The molecule has 2 rings (SSSR count). The molecule has 1 aromatic rings. The monoisotopic (exact) mass is 261 g/mol. The van der Waals surface area contributed by atoms with E-state index in [-0.39, 0.29) is 24.5 Å². The second-order valence-electron chi connectivity index (χ2n) is 4.52. The lowest BCUT2D eigenvalue weighted by molar-refractivity contribution is -0.176. The summed E-state index contributed by atoms with van der Waals surface area (Å²) in [5.74, 6) is -1.03. The summed E-state index contributed by atoms with van der Waals surface area (Å²) in [6, 6.07) is 3.05. The second-order valence-corrected chi connectivity index (χ2v) is 4.52. The van der Waals surface area contributed by atoms with Gasteiger partial charge in [-0.25, -0.2) is 0 Å². The standard InChI is InChI=1S/C12H14F3NO2/c1-8(17)10-4-5-11(18-10)16-6-2-3-9(7-16)12(13,14)15/h4-5,9H,2-3,6-7H2,1H3. The molecule has 100 valence electrons. The van der Waals surface area contributed by atoms with E-state index in [1.807, 2.05) is 0 Å². The summed E-state index contributed by atoms with van der Waals surface area (Å²) < 4.78 is 43.2. The smallest absolute Gasteiger partial charge is 0.393 e. The third-order valence-electron chi connectivity index (χ3n) is 3.13. The third-order valence-corrected chi connectivity index (χ3v) is 3.13. The molecular weight excluding hydrogens is 247 g/mol. The summed E-state index contributed by atoms with van der Waals surface area (Å²) in [5.41, 5.74) is 0. The van der Waals surface area contributed by atoms with Gasteiger partial charge in [-0.15, -0.1) is 0 Å². The van der Waals surface area contributed by atoms with Gasteiger partial charge in [-0.05, 0) is 18.9 Å². The van der Waals surface area contributed by atoms with Crippen LogP contribution in [0.4, 0.5) is 19.1 Å². The first-order valence-corrected chi connectivity index (χ1v) is 5.80. The number of hydrogen-bond acceptors (Lipinski definition) is 3. The minimum Gasteiger partial charge on any atom is -0.437 e. The van der Waals surface area contributed by atoms with E-state index in [0.717, 1.165) is 0 Å². The molecule has 1 aromatic heterocycles. The average molecular weight is 261 g/mol. The van der Waals surface area contributed by atoms with Gasteiger partial charge in [-0.3, -0.25) is 4.79 Å². The van der Waals surface area contributed by atoms with E-state index in [0.29, 0.717) is 18.8 Å². The minimum absolute atomic E-state index is 0.103. The molecule has 0 N–H and O–H groups in total. The van der Waals surface area contributed by atoms with E-state index >= 15 is 0 Å². The zero-order valence-electron chi connectivity index (χ0n) is 9.96. The number of Topliss-reactive ketones (excluding diaryl/α,β-unsaturated/α-hetero) is 1. The first-order valence-electron chi connectivity index (χ1n) is 5.80. The molecule has 1 aliphatic heterocycles. The van der Waals surface area contributed by atoms with Crippen LogP contribution in [-0.2, 0) is 0 Å². The van der Waals surface area contributed by atoms with Crippen molar-refractivity contribution in [3.63, 3.8) is 0 Å². The van der Waals surface area contributed by atoms with Crippen molar-refractivity contribution in [3.8, 4) is 0 Å². The predicted molar refractivity (Wildman–Crippen MR) is 59.7 cm³/mol. The Labute approximate surface area is 103 Å². The van der Waals surface area contributed by atoms with Gasteiger partial charge in [0.05, 0.1) is 5.92 Å². The largest absolute Gasteiger partial charge is 0.437 e. The van der Waals surface area contributed by atoms with Gasteiger partial charge in [0.15, 0.2) is 17.4 Å². The lowest BCUT2D eigenvalue weighted by Gasteiger charge is -2.33. The van der Waals surface area contributed by atoms with Crippen molar-refractivity contribution in [2.24, 2.45) is 5.92 Å². The Morgan fingerprint density at radius 2 is 2.17 bits per heavy atom. The molecule has 1 atom stereocenters. The Hall–Kier alpha value is -1.46. The quantitative estimate of drug-likeness (QED) is 0.766. The van der Waals surface area contributed by atoms with Gasteiger partial charge >= 0.3 is 6.18 Å². The number of alkyl halides is 3. The van der Waals surface area contributed by atoms with E-state index in [4.69, 9.17) is 4.42 Å². The Balaban J connectivity index is 2.10. The van der Waals surface area contributed by atoms with Crippen LogP contribution in [-0.4, -0.2) is 25.0 Å². The van der Waals surface area contributed by atoms with E-state index in [2.05, 4.69) is 0 Å². The molecule has 0 bridgehead atoms. The first kappa shape index (κ1) is 13.0. The fourth-order valence-corrected chi connectivity index (χ4v) is 2.13. The van der Waals surface area contributed by atoms with Crippen molar-refractivity contribution in [2.45, 2.75) is 25.9 Å². The Morgan fingerprint density at radius 3 is 2.72 bits per heavy atom. The van der Waals surface area contributed by atoms with Gasteiger partial charge in [0.2, 0.25) is 0 Å². The fraction of sp³-hybridized carbons (Fsp3) is 0.583. The molecule has 6 heteroatoms. The summed E-state index contributed by atoms with van der Waals surface area (Å²) in [7, 11) is 0. The molecule has 1 saturated heterocycles. The maximum atomic E-state index is 12.7. The van der Waals surface area contributed by atoms with Gasteiger partial charge < -0.3 is 9.32 Å². The van der Waals surface area contributed by atoms with Crippen LogP contribution in [0.5, 0.6) is 0 Å². The molecule has 0 saturated carbocycles. The zero-order valence-corrected chi connectivity index (χ0v) is 9.96. The summed E-state index contributed by atoms with van der Waals surface area (Å²) >= 11 is 0. The van der Waals surface area contributed by atoms with Crippen LogP contribution in [0.25, 0.3) is 0 Å². The van der Waals surface area contributed by atoms with E-state index in [9.17, 15) is 18.0 Å². The van der Waals surface area contributed by atoms with Gasteiger partial charge in [0.1, 0.15) is 0 Å². The highest BCUT2D eigenvalue weighted by Gasteiger charge is 2.42. The highest BCUT2D eigenvalue weighted by Crippen LogP contribution is 2.35. The highest BCUT2D eigenvalue weighted by atomic mass is 19.4. The van der Waals surface area contributed by atoms with Gasteiger partial charge in [-0.2, -0.15) is 13.2 Å². The number of anilines is 1. The Bertz CT molecular complexity index is 439. The van der Waals surface area contributed by atoms with Crippen LogP contribution < -0.4 is 4.90 Å². The molecule has 0 aliphatic carbocycles. The maximum Gasteiger partial charge on any atom is 0.393 e. The molecule has 2 heterocycles. The van der Waals surface area contributed by atoms with Crippen molar-refractivity contribution in [2.75, 3.05) is 18.0 Å². The number of carbonyl (C=O) groups excluding carboxylic acids is 1. The number of furan rings is 1. The third kappa shape index (κ3) is 2.68. The van der Waals surface area contributed by atoms with E-state index < -0.39 is 12.1 Å². The zero-order chi connectivity index (χ0) is 13.3. The van der Waals surface area contributed by atoms with Crippen molar-refractivity contribution < 1.29 is 22.4 Å².